The molecule has 1 N–H and O–H groups in total. The summed E-state index contributed by atoms with van der Waals surface area (Å²) < 4.78 is 6.95. The predicted molar refractivity (Wildman–Crippen MR) is 87.1 cm³/mol. The fraction of sp³-hybridized carbons (Fsp3) is 0.533. The van der Waals surface area contributed by atoms with Crippen molar-refractivity contribution < 1.29 is 9.53 Å². The molecule has 3 rings (SSSR count). The summed E-state index contributed by atoms with van der Waals surface area (Å²) >= 11 is 1.65. The summed E-state index contributed by atoms with van der Waals surface area (Å²) in [6.07, 6.45) is 3.56. The van der Waals surface area contributed by atoms with Crippen LogP contribution in [-0.4, -0.2) is 52.1 Å². The maximum Gasteiger partial charge on any atom is 0.244 e. The molecule has 3 heterocycles. The van der Waals surface area contributed by atoms with Crippen LogP contribution in [0.5, 0.6) is 0 Å². The van der Waals surface area contributed by atoms with Gasteiger partial charge in [-0.15, -0.1) is 11.3 Å². The van der Waals surface area contributed by atoms with Crippen LogP contribution in [0.25, 0.3) is 0 Å². The number of ether oxygens (including phenoxy) is 1. The van der Waals surface area contributed by atoms with Crippen LogP contribution in [0.3, 0.4) is 0 Å². The minimum Gasteiger partial charge on any atom is -0.383 e. The van der Waals surface area contributed by atoms with Crippen LogP contribution in [0, 0.1) is 6.92 Å². The van der Waals surface area contributed by atoms with Crippen LogP contribution in [0.15, 0.2) is 17.9 Å². The van der Waals surface area contributed by atoms with E-state index < -0.39 is 0 Å². The molecule has 0 saturated carbocycles. The van der Waals surface area contributed by atoms with E-state index in [1.165, 1.54) is 0 Å². The third kappa shape index (κ3) is 3.77. The lowest BCUT2D eigenvalue weighted by Gasteiger charge is -2.33. The van der Waals surface area contributed by atoms with Gasteiger partial charge in [-0.2, -0.15) is 0 Å². The summed E-state index contributed by atoms with van der Waals surface area (Å²) in [5, 5.41) is 6.06. The summed E-state index contributed by atoms with van der Waals surface area (Å²) in [7, 11) is 1.62. The molecule has 7 nitrogen and oxygen atoms in total. The Kier molecular flexibility index (Phi) is 5.04. The first kappa shape index (κ1) is 16.1. The molecule has 0 aliphatic carbocycles. The van der Waals surface area contributed by atoms with E-state index in [1.54, 1.807) is 24.8 Å². The summed E-state index contributed by atoms with van der Waals surface area (Å²) in [5.74, 6) is 0.000424. The smallest absolute Gasteiger partial charge is 0.244 e. The number of amides is 1. The number of nitrogens with zero attached hydrogens (tertiary/aromatic N) is 4. The molecule has 23 heavy (non-hydrogen) atoms. The van der Waals surface area contributed by atoms with Crippen LogP contribution < -0.4 is 5.32 Å². The number of imidazole rings is 1. The molecule has 1 amide bonds. The van der Waals surface area contributed by atoms with Gasteiger partial charge in [0.25, 0.3) is 0 Å². The number of hydrogen-bond donors (Lipinski definition) is 1. The van der Waals surface area contributed by atoms with Crippen molar-refractivity contribution in [3.8, 4) is 0 Å². The Morgan fingerprint density at radius 3 is 3.17 bits per heavy atom. The second-order valence-electron chi connectivity index (χ2n) is 5.62. The molecule has 0 aromatic carbocycles. The maximum atomic E-state index is 12.5. The van der Waals surface area contributed by atoms with E-state index in [0.717, 1.165) is 29.5 Å². The van der Waals surface area contributed by atoms with Crippen LogP contribution >= 0.6 is 11.3 Å². The molecule has 0 saturated heterocycles. The Morgan fingerprint density at radius 1 is 1.57 bits per heavy atom. The van der Waals surface area contributed by atoms with Gasteiger partial charge in [-0.3, -0.25) is 9.69 Å². The minimum atomic E-state index is -0.266. The molecule has 0 radical (unpaired) electrons. The molecule has 0 unspecified atom stereocenters. The monoisotopic (exact) mass is 335 g/mol. The summed E-state index contributed by atoms with van der Waals surface area (Å²) in [6.45, 7) is 5.21. The van der Waals surface area contributed by atoms with Crippen molar-refractivity contribution in [2.24, 2.45) is 0 Å². The fourth-order valence-electron chi connectivity index (χ4n) is 2.80. The molecule has 0 fully saturated rings. The lowest BCUT2D eigenvalue weighted by Crippen LogP contribution is -2.44. The predicted octanol–water partition coefficient (Wildman–Crippen LogP) is 0.968. The van der Waals surface area contributed by atoms with Crippen molar-refractivity contribution in [2.75, 3.05) is 26.8 Å². The molecule has 124 valence electrons. The van der Waals surface area contributed by atoms with Gasteiger partial charge < -0.3 is 14.6 Å². The quantitative estimate of drug-likeness (QED) is 0.797. The highest BCUT2D eigenvalue weighted by Gasteiger charge is 2.30. The molecular weight excluding hydrogens is 314 g/mol. The number of aromatic nitrogens is 3. The normalized spacial score (nSPS) is 17.9. The molecule has 8 heteroatoms. The highest BCUT2D eigenvalue weighted by atomic mass is 32.1. The van der Waals surface area contributed by atoms with Crippen molar-refractivity contribution in [1.82, 2.24) is 24.8 Å². The number of methoxy groups -OCH3 is 1. The lowest BCUT2D eigenvalue weighted by atomic mass is 10.1. The molecule has 1 aliphatic heterocycles. The van der Waals surface area contributed by atoms with Gasteiger partial charge in [0.15, 0.2) is 0 Å². The van der Waals surface area contributed by atoms with E-state index in [2.05, 4.69) is 25.6 Å². The zero-order valence-electron chi connectivity index (χ0n) is 13.4. The number of aryl methyl sites for hydroxylation is 1. The second-order valence-corrected chi connectivity index (χ2v) is 6.68. The first-order valence-corrected chi connectivity index (χ1v) is 8.46. The van der Waals surface area contributed by atoms with Gasteiger partial charge in [-0.25, -0.2) is 9.97 Å². The zero-order chi connectivity index (χ0) is 16.2. The fourth-order valence-corrected chi connectivity index (χ4v) is 3.40. The van der Waals surface area contributed by atoms with Gasteiger partial charge in [-0.1, -0.05) is 0 Å². The molecule has 2 aromatic heterocycles. The van der Waals surface area contributed by atoms with Crippen LogP contribution in [0.1, 0.15) is 22.4 Å². The Hall–Kier alpha value is -1.77. The van der Waals surface area contributed by atoms with E-state index in [4.69, 9.17) is 4.74 Å². The first-order chi connectivity index (χ1) is 11.2. The van der Waals surface area contributed by atoms with Gasteiger partial charge in [-0.05, 0) is 6.92 Å². The van der Waals surface area contributed by atoms with E-state index in [1.807, 2.05) is 17.7 Å². The Labute approximate surface area is 139 Å². The Morgan fingerprint density at radius 2 is 2.43 bits per heavy atom. The minimum absolute atomic E-state index is 0.000424. The van der Waals surface area contributed by atoms with Crippen molar-refractivity contribution >= 4 is 17.2 Å². The number of thiazole rings is 1. The molecular formula is C15H21N5O2S. The SMILES string of the molecule is COCCNC(=O)[C@@H]1CN(Cc2csc(C)n2)Cc2cncn21. The van der Waals surface area contributed by atoms with E-state index in [0.29, 0.717) is 19.7 Å². The van der Waals surface area contributed by atoms with Crippen molar-refractivity contribution in [2.45, 2.75) is 26.1 Å². The van der Waals surface area contributed by atoms with E-state index >= 15 is 0 Å². The third-order valence-electron chi connectivity index (χ3n) is 3.86. The summed E-state index contributed by atoms with van der Waals surface area (Å²) in [4.78, 5) is 23.4. The van der Waals surface area contributed by atoms with Crippen LogP contribution in [0.2, 0.25) is 0 Å². The molecule has 0 spiro atoms. The molecule has 0 bridgehead atoms. The topological polar surface area (TPSA) is 72.3 Å². The number of hydrogen-bond acceptors (Lipinski definition) is 6. The van der Waals surface area contributed by atoms with Gasteiger partial charge in [0.05, 0.1) is 29.3 Å². The highest BCUT2D eigenvalue weighted by molar-refractivity contribution is 7.09. The number of nitrogens with one attached hydrogen (secondary N) is 1. The van der Waals surface area contributed by atoms with E-state index in [9.17, 15) is 4.79 Å². The van der Waals surface area contributed by atoms with Crippen molar-refractivity contribution in [3.63, 3.8) is 0 Å². The highest BCUT2D eigenvalue weighted by Crippen LogP contribution is 2.23. The Bertz CT molecular complexity index is 668. The average Bonchev–Trinajstić information content (AvgIpc) is 3.15. The van der Waals surface area contributed by atoms with Gasteiger partial charge in [0.1, 0.15) is 6.04 Å². The number of carbonyl (C=O) groups is 1. The lowest BCUT2D eigenvalue weighted by molar-refractivity contribution is -0.125. The summed E-state index contributed by atoms with van der Waals surface area (Å²) in [6, 6.07) is -0.266. The zero-order valence-corrected chi connectivity index (χ0v) is 14.2. The third-order valence-corrected chi connectivity index (χ3v) is 4.68. The first-order valence-electron chi connectivity index (χ1n) is 7.58. The van der Waals surface area contributed by atoms with Gasteiger partial charge in [0, 0.05) is 44.9 Å². The van der Waals surface area contributed by atoms with Crippen molar-refractivity contribution in [3.05, 3.63) is 34.3 Å². The van der Waals surface area contributed by atoms with E-state index in [-0.39, 0.29) is 11.9 Å². The number of carbonyl (C=O) groups excluding carboxylic acids is 1. The van der Waals surface area contributed by atoms with Crippen LogP contribution in [0.4, 0.5) is 0 Å². The van der Waals surface area contributed by atoms with Gasteiger partial charge in [0.2, 0.25) is 5.91 Å². The summed E-state index contributed by atoms with van der Waals surface area (Å²) in [5.41, 5.74) is 2.11. The van der Waals surface area contributed by atoms with Crippen LogP contribution in [-0.2, 0) is 22.6 Å². The Balaban J connectivity index is 1.70. The van der Waals surface area contributed by atoms with Crippen molar-refractivity contribution in [1.29, 1.82) is 0 Å². The number of rotatable bonds is 6. The van der Waals surface area contributed by atoms with Gasteiger partial charge >= 0.3 is 0 Å². The average molecular weight is 335 g/mol. The molecule has 1 aliphatic rings. The number of fused-ring (bicyclic) bond motifs is 1. The molecule has 2 aromatic rings. The standard InChI is InChI=1S/C15H21N5O2S/c1-11-18-12(9-23-11)6-19-7-13-5-16-10-20(13)14(8-19)15(21)17-3-4-22-2/h5,9-10,14H,3-4,6-8H2,1-2H3,(H,17,21)/t14-/m0/s1. The largest absolute Gasteiger partial charge is 0.383 e. The maximum absolute atomic E-state index is 12.5. The second kappa shape index (κ2) is 7.20. The molecule has 1 atom stereocenters.